The zero-order valence-electron chi connectivity index (χ0n) is 11.5. The van der Waals surface area contributed by atoms with Crippen LogP contribution in [0, 0.1) is 0 Å². The van der Waals surface area contributed by atoms with E-state index in [0.29, 0.717) is 12.2 Å². The molecule has 1 aliphatic heterocycles. The molecule has 2 aromatic rings. The number of anilines is 1. The summed E-state index contributed by atoms with van der Waals surface area (Å²) < 4.78 is 6.07. The summed E-state index contributed by atoms with van der Waals surface area (Å²) in [4.78, 5) is 5.28. The predicted octanol–water partition coefficient (Wildman–Crippen LogP) is 1.59. The highest BCUT2D eigenvalue weighted by Gasteiger charge is 2.28. The van der Waals surface area contributed by atoms with Crippen LogP contribution < -0.4 is 21.7 Å². The Balaban J connectivity index is 1.74. The number of pyridine rings is 1. The lowest BCUT2D eigenvalue weighted by Crippen LogP contribution is -2.50. The molecule has 21 heavy (non-hydrogen) atoms. The van der Waals surface area contributed by atoms with Gasteiger partial charge in [-0.25, -0.2) is 4.98 Å². The standard InChI is InChI=1S/C15H18N4OS/c16-15-10(4-3-7-18-15)8-11(19-17)13-9-21-14-6-2-1-5-12(14)20-13/h1-7,11,13,19H,8-9,17H2,(H2,16,18). The first-order valence-electron chi connectivity index (χ1n) is 6.82. The average molecular weight is 302 g/mol. The summed E-state index contributed by atoms with van der Waals surface area (Å²) in [7, 11) is 0. The number of nitrogens with one attached hydrogen (secondary N) is 1. The van der Waals surface area contributed by atoms with Gasteiger partial charge in [0.2, 0.25) is 0 Å². The van der Waals surface area contributed by atoms with Gasteiger partial charge in [-0.3, -0.25) is 11.3 Å². The Kier molecular flexibility index (Phi) is 4.28. The van der Waals surface area contributed by atoms with Gasteiger partial charge in [-0.1, -0.05) is 18.2 Å². The van der Waals surface area contributed by atoms with E-state index in [0.717, 1.165) is 17.1 Å². The molecule has 0 spiro atoms. The lowest BCUT2D eigenvalue weighted by molar-refractivity contribution is 0.165. The number of hydrogen-bond donors (Lipinski definition) is 3. The van der Waals surface area contributed by atoms with Crippen LogP contribution in [0.4, 0.5) is 5.82 Å². The Labute approximate surface area is 128 Å². The second kappa shape index (κ2) is 6.34. The minimum atomic E-state index is -0.0163. The third-order valence-corrected chi connectivity index (χ3v) is 4.70. The Morgan fingerprint density at radius 1 is 1.33 bits per heavy atom. The van der Waals surface area contributed by atoms with Gasteiger partial charge in [0.05, 0.1) is 6.04 Å². The van der Waals surface area contributed by atoms with Gasteiger partial charge in [-0.2, -0.15) is 0 Å². The first-order valence-corrected chi connectivity index (χ1v) is 7.80. The summed E-state index contributed by atoms with van der Waals surface area (Å²) in [5, 5.41) is 0. The van der Waals surface area contributed by atoms with E-state index in [4.69, 9.17) is 16.3 Å². The van der Waals surface area contributed by atoms with Gasteiger partial charge in [0.25, 0.3) is 0 Å². The van der Waals surface area contributed by atoms with E-state index >= 15 is 0 Å². The first kappa shape index (κ1) is 14.2. The fourth-order valence-corrected chi connectivity index (χ4v) is 3.47. The maximum atomic E-state index is 6.07. The predicted molar refractivity (Wildman–Crippen MR) is 85.0 cm³/mol. The number of nitrogens with zero attached hydrogens (tertiary/aromatic N) is 1. The van der Waals surface area contributed by atoms with Crippen LogP contribution in [0.2, 0.25) is 0 Å². The summed E-state index contributed by atoms with van der Waals surface area (Å²) in [6, 6.07) is 11.9. The number of ether oxygens (including phenoxy) is 1. The molecule has 3 rings (SSSR count). The Hall–Kier alpha value is -1.76. The fraction of sp³-hybridized carbons (Fsp3) is 0.267. The summed E-state index contributed by atoms with van der Waals surface area (Å²) in [6.45, 7) is 0. The molecule has 0 aliphatic carbocycles. The van der Waals surface area contributed by atoms with E-state index in [-0.39, 0.29) is 12.1 Å². The lowest BCUT2D eigenvalue weighted by atomic mass is 10.0. The average Bonchev–Trinajstić information content (AvgIpc) is 2.54. The van der Waals surface area contributed by atoms with Crippen molar-refractivity contribution in [1.82, 2.24) is 10.4 Å². The summed E-state index contributed by atoms with van der Waals surface area (Å²) >= 11 is 1.79. The quantitative estimate of drug-likeness (QED) is 0.587. The molecule has 2 unspecified atom stereocenters. The molecule has 0 saturated carbocycles. The molecule has 5 N–H and O–H groups in total. The molecular formula is C15H18N4OS. The van der Waals surface area contributed by atoms with Gasteiger partial charge in [-0.05, 0) is 30.2 Å². The van der Waals surface area contributed by atoms with Gasteiger partial charge in [0.1, 0.15) is 17.7 Å². The SMILES string of the molecule is NNC(Cc1cccnc1N)C1CSc2ccccc2O1. The van der Waals surface area contributed by atoms with Crippen LogP contribution in [0.5, 0.6) is 5.75 Å². The van der Waals surface area contributed by atoms with Crippen molar-refractivity contribution in [2.24, 2.45) is 5.84 Å². The molecule has 1 aromatic carbocycles. The third-order valence-electron chi connectivity index (χ3n) is 3.56. The number of nitrogen functional groups attached to an aromatic ring is 1. The lowest BCUT2D eigenvalue weighted by Gasteiger charge is -2.31. The molecular weight excluding hydrogens is 284 g/mol. The van der Waals surface area contributed by atoms with E-state index in [1.165, 1.54) is 4.90 Å². The van der Waals surface area contributed by atoms with Crippen LogP contribution in [-0.4, -0.2) is 22.9 Å². The molecule has 1 aromatic heterocycles. The number of para-hydroxylation sites is 1. The number of hydrazine groups is 1. The minimum absolute atomic E-state index is 0.00509. The summed E-state index contributed by atoms with van der Waals surface area (Å²) in [5.74, 6) is 8.03. The number of aromatic nitrogens is 1. The minimum Gasteiger partial charge on any atom is -0.487 e. The molecule has 6 heteroatoms. The van der Waals surface area contributed by atoms with Crippen LogP contribution >= 0.6 is 11.8 Å². The van der Waals surface area contributed by atoms with E-state index in [1.807, 2.05) is 30.3 Å². The first-order chi connectivity index (χ1) is 10.3. The highest BCUT2D eigenvalue weighted by atomic mass is 32.2. The Morgan fingerprint density at radius 3 is 3.00 bits per heavy atom. The molecule has 0 saturated heterocycles. The third kappa shape index (κ3) is 3.12. The van der Waals surface area contributed by atoms with Crippen LogP contribution in [0.25, 0.3) is 0 Å². The van der Waals surface area contributed by atoms with Gasteiger partial charge >= 0.3 is 0 Å². The largest absolute Gasteiger partial charge is 0.487 e. The molecule has 1 aliphatic rings. The molecule has 0 bridgehead atoms. The second-order valence-electron chi connectivity index (χ2n) is 4.94. The number of nitrogens with two attached hydrogens (primary N) is 2. The zero-order chi connectivity index (χ0) is 14.7. The normalized spacial score (nSPS) is 18.6. The van der Waals surface area contributed by atoms with Crippen molar-refractivity contribution in [3.8, 4) is 5.75 Å². The number of fused-ring (bicyclic) bond motifs is 1. The molecule has 110 valence electrons. The van der Waals surface area contributed by atoms with Crippen molar-refractivity contribution >= 4 is 17.6 Å². The van der Waals surface area contributed by atoms with Crippen LogP contribution in [0.15, 0.2) is 47.5 Å². The smallest absolute Gasteiger partial charge is 0.133 e. The van der Waals surface area contributed by atoms with E-state index < -0.39 is 0 Å². The number of hydrogen-bond acceptors (Lipinski definition) is 6. The zero-order valence-corrected chi connectivity index (χ0v) is 12.3. The van der Waals surface area contributed by atoms with E-state index in [2.05, 4.69) is 16.5 Å². The van der Waals surface area contributed by atoms with Gasteiger partial charge < -0.3 is 10.5 Å². The summed E-state index contributed by atoms with van der Waals surface area (Å²) in [5.41, 5.74) is 9.74. The maximum Gasteiger partial charge on any atom is 0.133 e. The van der Waals surface area contributed by atoms with Gasteiger partial charge in [0, 0.05) is 16.8 Å². The Bertz CT molecular complexity index is 622. The number of rotatable bonds is 4. The highest BCUT2D eigenvalue weighted by Crippen LogP contribution is 2.36. The van der Waals surface area contributed by atoms with E-state index in [9.17, 15) is 0 Å². The van der Waals surface area contributed by atoms with Crippen LogP contribution in [-0.2, 0) is 6.42 Å². The van der Waals surface area contributed by atoms with Crippen molar-refractivity contribution in [3.05, 3.63) is 48.2 Å². The van der Waals surface area contributed by atoms with E-state index in [1.54, 1.807) is 18.0 Å². The number of thioether (sulfide) groups is 1. The fourth-order valence-electron chi connectivity index (χ4n) is 2.39. The monoisotopic (exact) mass is 302 g/mol. The van der Waals surface area contributed by atoms with Crippen molar-refractivity contribution in [3.63, 3.8) is 0 Å². The van der Waals surface area contributed by atoms with Gasteiger partial charge in [-0.15, -0.1) is 11.8 Å². The highest BCUT2D eigenvalue weighted by molar-refractivity contribution is 7.99. The molecule has 0 amide bonds. The molecule has 0 radical (unpaired) electrons. The van der Waals surface area contributed by atoms with Crippen molar-refractivity contribution in [1.29, 1.82) is 0 Å². The second-order valence-corrected chi connectivity index (χ2v) is 6.00. The number of benzene rings is 1. The van der Waals surface area contributed by atoms with Crippen molar-refractivity contribution in [2.45, 2.75) is 23.5 Å². The van der Waals surface area contributed by atoms with Crippen molar-refractivity contribution < 1.29 is 4.74 Å². The van der Waals surface area contributed by atoms with Crippen LogP contribution in [0.3, 0.4) is 0 Å². The maximum absolute atomic E-state index is 6.07. The van der Waals surface area contributed by atoms with Crippen molar-refractivity contribution in [2.75, 3.05) is 11.5 Å². The topological polar surface area (TPSA) is 86.2 Å². The van der Waals surface area contributed by atoms with Gasteiger partial charge in [0.15, 0.2) is 0 Å². The molecule has 2 atom stereocenters. The molecule has 2 heterocycles. The van der Waals surface area contributed by atoms with Crippen LogP contribution in [0.1, 0.15) is 5.56 Å². The molecule has 5 nitrogen and oxygen atoms in total. The summed E-state index contributed by atoms with van der Waals surface area (Å²) in [6.07, 6.45) is 2.37. The Morgan fingerprint density at radius 2 is 2.19 bits per heavy atom. The molecule has 0 fully saturated rings.